The molecule has 1 aromatic heterocycles. The Labute approximate surface area is 116 Å². The van der Waals surface area contributed by atoms with Crippen LogP contribution in [0.25, 0.3) is 0 Å². The number of nitrogens with zero attached hydrogens (tertiary/aromatic N) is 3. The third kappa shape index (κ3) is 3.53. The lowest BCUT2D eigenvalue weighted by Gasteiger charge is -2.37. The second-order valence-electron chi connectivity index (χ2n) is 5.76. The van der Waals surface area contributed by atoms with E-state index in [0.717, 1.165) is 25.3 Å². The van der Waals surface area contributed by atoms with Gasteiger partial charge in [-0.1, -0.05) is 6.07 Å². The van der Waals surface area contributed by atoms with Gasteiger partial charge in [-0.25, -0.2) is 0 Å². The van der Waals surface area contributed by atoms with Gasteiger partial charge in [0.2, 0.25) is 0 Å². The third-order valence-electron chi connectivity index (χ3n) is 3.94. The van der Waals surface area contributed by atoms with Crippen LogP contribution >= 0.6 is 0 Å². The molecule has 4 nitrogen and oxygen atoms in total. The summed E-state index contributed by atoms with van der Waals surface area (Å²) in [6.07, 6.45) is 3.05. The average molecular weight is 262 g/mol. The maximum absolute atomic E-state index is 6.25. The van der Waals surface area contributed by atoms with Crippen molar-refractivity contribution in [3.63, 3.8) is 0 Å². The van der Waals surface area contributed by atoms with E-state index in [9.17, 15) is 0 Å². The molecule has 1 aliphatic rings. The minimum atomic E-state index is 0.0840. The Morgan fingerprint density at radius 3 is 2.79 bits per heavy atom. The SMILES string of the molecule is CC(N)C(c1ccccn1)N1CCCN(C)CC1C. The molecule has 0 aromatic carbocycles. The molecule has 2 N–H and O–H groups in total. The summed E-state index contributed by atoms with van der Waals surface area (Å²) >= 11 is 0. The summed E-state index contributed by atoms with van der Waals surface area (Å²) in [5.41, 5.74) is 7.34. The summed E-state index contributed by atoms with van der Waals surface area (Å²) in [6, 6.07) is 6.90. The maximum Gasteiger partial charge on any atom is 0.0673 e. The van der Waals surface area contributed by atoms with Crippen molar-refractivity contribution in [1.82, 2.24) is 14.8 Å². The first-order valence-electron chi connectivity index (χ1n) is 7.20. The summed E-state index contributed by atoms with van der Waals surface area (Å²) in [5.74, 6) is 0. The number of hydrogen-bond acceptors (Lipinski definition) is 4. The molecule has 1 aliphatic heterocycles. The Hall–Kier alpha value is -0.970. The zero-order valence-electron chi connectivity index (χ0n) is 12.3. The summed E-state index contributed by atoms with van der Waals surface area (Å²) in [6.45, 7) is 7.72. The molecule has 0 spiro atoms. The molecular weight excluding hydrogens is 236 g/mol. The predicted octanol–water partition coefficient (Wildman–Crippen LogP) is 1.50. The number of rotatable bonds is 3. The largest absolute Gasteiger partial charge is 0.326 e. The summed E-state index contributed by atoms with van der Waals surface area (Å²) in [7, 11) is 2.20. The van der Waals surface area contributed by atoms with Crippen LogP contribution < -0.4 is 5.73 Å². The number of pyridine rings is 1. The van der Waals surface area contributed by atoms with Crippen molar-refractivity contribution >= 4 is 0 Å². The molecule has 0 aliphatic carbocycles. The van der Waals surface area contributed by atoms with Crippen molar-refractivity contribution in [3.8, 4) is 0 Å². The van der Waals surface area contributed by atoms with E-state index in [1.165, 1.54) is 6.42 Å². The molecule has 3 unspecified atom stereocenters. The summed E-state index contributed by atoms with van der Waals surface area (Å²) in [5, 5.41) is 0. The highest BCUT2D eigenvalue weighted by Gasteiger charge is 2.30. The van der Waals surface area contributed by atoms with Crippen molar-refractivity contribution in [3.05, 3.63) is 30.1 Å². The van der Waals surface area contributed by atoms with Crippen molar-refractivity contribution in [2.24, 2.45) is 5.73 Å². The predicted molar refractivity (Wildman–Crippen MR) is 78.9 cm³/mol. The van der Waals surface area contributed by atoms with Gasteiger partial charge in [0.05, 0.1) is 11.7 Å². The highest BCUT2D eigenvalue weighted by molar-refractivity contribution is 5.11. The van der Waals surface area contributed by atoms with E-state index < -0.39 is 0 Å². The van der Waals surface area contributed by atoms with Crippen LogP contribution in [0.4, 0.5) is 0 Å². The maximum atomic E-state index is 6.25. The van der Waals surface area contributed by atoms with Gasteiger partial charge in [0.1, 0.15) is 0 Å². The van der Waals surface area contributed by atoms with E-state index in [4.69, 9.17) is 5.73 Å². The molecule has 1 fully saturated rings. The monoisotopic (exact) mass is 262 g/mol. The van der Waals surface area contributed by atoms with E-state index in [1.54, 1.807) is 0 Å². The van der Waals surface area contributed by atoms with Gasteiger partial charge in [0.15, 0.2) is 0 Å². The minimum Gasteiger partial charge on any atom is -0.326 e. The molecular formula is C15H26N4. The standard InChI is InChI=1S/C15H26N4/c1-12-11-18(3)9-6-10-19(12)15(13(2)16)14-7-4-5-8-17-14/h4-5,7-8,12-13,15H,6,9-11,16H2,1-3H3. The molecule has 4 heteroatoms. The molecule has 106 valence electrons. The minimum absolute atomic E-state index is 0.0840. The topological polar surface area (TPSA) is 45.4 Å². The van der Waals surface area contributed by atoms with Gasteiger partial charge in [-0.3, -0.25) is 9.88 Å². The van der Waals surface area contributed by atoms with Crippen LogP contribution in [-0.2, 0) is 0 Å². The van der Waals surface area contributed by atoms with Crippen LogP contribution in [0.3, 0.4) is 0 Å². The van der Waals surface area contributed by atoms with Gasteiger partial charge in [-0.2, -0.15) is 0 Å². The Bertz CT molecular complexity index is 379. The lowest BCUT2D eigenvalue weighted by Crippen LogP contribution is -2.46. The van der Waals surface area contributed by atoms with Crippen LogP contribution in [0, 0.1) is 0 Å². The molecule has 0 saturated carbocycles. The molecule has 3 atom stereocenters. The fourth-order valence-corrected chi connectivity index (χ4v) is 3.10. The Kier molecular flexibility index (Phi) is 4.91. The highest BCUT2D eigenvalue weighted by atomic mass is 15.3. The first-order valence-corrected chi connectivity index (χ1v) is 7.20. The number of likely N-dealkylation sites (N-methyl/N-ethyl adjacent to an activating group) is 1. The average Bonchev–Trinajstić information content (AvgIpc) is 2.53. The Morgan fingerprint density at radius 1 is 1.37 bits per heavy atom. The van der Waals surface area contributed by atoms with Gasteiger partial charge in [0, 0.05) is 31.4 Å². The fourth-order valence-electron chi connectivity index (χ4n) is 3.10. The third-order valence-corrected chi connectivity index (χ3v) is 3.94. The van der Waals surface area contributed by atoms with Gasteiger partial charge in [-0.05, 0) is 46.0 Å². The van der Waals surface area contributed by atoms with E-state index in [0.29, 0.717) is 6.04 Å². The molecule has 2 heterocycles. The molecule has 0 bridgehead atoms. The number of nitrogens with two attached hydrogens (primary N) is 1. The van der Waals surface area contributed by atoms with Crippen molar-refractivity contribution in [2.45, 2.75) is 38.4 Å². The second kappa shape index (κ2) is 6.46. The molecule has 0 radical (unpaired) electrons. The summed E-state index contributed by atoms with van der Waals surface area (Å²) in [4.78, 5) is 9.45. The van der Waals surface area contributed by atoms with Crippen molar-refractivity contribution in [2.75, 3.05) is 26.7 Å². The normalized spacial score (nSPS) is 25.8. The van der Waals surface area contributed by atoms with Crippen molar-refractivity contribution in [1.29, 1.82) is 0 Å². The van der Waals surface area contributed by atoms with E-state index in [2.05, 4.69) is 41.7 Å². The number of hydrogen-bond donors (Lipinski definition) is 1. The zero-order valence-corrected chi connectivity index (χ0v) is 12.3. The van der Waals surface area contributed by atoms with E-state index in [-0.39, 0.29) is 12.1 Å². The van der Waals surface area contributed by atoms with Crippen LogP contribution in [0.15, 0.2) is 24.4 Å². The smallest absolute Gasteiger partial charge is 0.0673 e. The molecule has 2 rings (SSSR count). The van der Waals surface area contributed by atoms with Crippen molar-refractivity contribution < 1.29 is 0 Å². The summed E-state index contributed by atoms with van der Waals surface area (Å²) < 4.78 is 0. The van der Waals surface area contributed by atoms with Crippen LogP contribution in [0.5, 0.6) is 0 Å². The van der Waals surface area contributed by atoms with Gasteiger partial charge < -0.3 is 10.6 Å². The fraction of sp³-hybridized carbons (Fsp3) is 0.667. The first-order chi connectivity index (χ1) is 9.09. The highest BCUT2D eigenvalue weighted by Crippen LogP contribution is 2.26. The lowest BCUT2D eigenvalue weighted by molar-refractivity contribution is 0.124. The second-order valence-corrected chi connectivity index (χ2v) is 5.76. The molecule has 0 amide bonds. The Morgan fingerprint density at radius 2 is 2.16 bits per heavy atom. The lowest BCUT2D eigenvalue weighted by atomic mass is 10.0. The molecule has 19 heavy (non-hydrogen) atoms. The Balaban J connectivity index is 2.23. The van der Waals surface area contributed by atoms with Crippen LogP contribution in [0.1, 0.15) is 32.0 Å². The molecule has 1 saturated heterocycles. The van der Waals surface area contributed by atoms with Crippen LogP contribution in [0.2, 0.25) is 0 Å². The quantitative estimate of drug-likeness (QED) is 0.896. The van der Waals surface area contributed by atoms with Crippen LogP contribution in [-0.4, -0.2) is 53.5 Å². The van der Waals surface area contributed by atoms with Gasteiger partial charge in [-0.15, -0.1) is 0 Å². The molecule has 1 aromatic rings. The van der Waals surface area contributed by atoms with Gasteiger partial charge >= 0.3 is 0 Å². The van der Waals surface area contributed by atoms with E-state index >= 15 is 0 Å². The number of aromatic nitrogens is 1. The van der Waals surface area contributed by atoms with E-state index in [1.807, 2.05) is 18.3 Å². The first kappa shape index (κ1) is 14.4. The zero-order chi connectivity index (χ0) is 13.8. The van der Waals surface area contributed by atoms with Gasteiger partial charge in [0.25, 0.3) is 0 Å².